The highest BCUT2D eigenvalue weighted by Crippen LogP contribution is 2.41. The number of benzene rings is 1. The van der Waals surface area contributed by atoms with Crippen LogP contribution in [0, 0.1) is 5.41 Å². The molecule has 2 N–H and O–H groups in total. The van der Waals surface area contributed by atoms with E-state index in [9.17, 15) is 5.11 Å². The Morgan fingerprint density at radius 3 is 2.84 bits per heavy atom. The monoisotopic (exact) mass is 279 g/mol. The van der Waals surface area contributed by atoms with Crippen molar-refractivity contribution in [3.63, 3.8) is 0 Å². The lowest BCUT2D eigenvalue weighted by Crippen LogP contribution is -2.59. The summed E-state index contributed by atoms with van der Waals surface area (Å²) in [4.78, 5) is 0. The average Bonchev–Trinajstić information content (AvgIpc) is 2.70. The van der Waals surface area contributed by atoms with Crippen molar-refractivity contribution in [2.45, 2.75) is 39.0 Å². The number of aliphatic hydroxyl groups excluding tert-OH is 1. The van der Waals surface area contributed by atoms with Crippen LogP contribution in [0.2, 0.25) is 5.22 Å². The molecule has 1 aromatic carbocycles. The zero-order valence-corrected chi connectivity index (χ0v) is 11.9. The van der Waals surface area contributed by atoms with E-state index < -0.39 is 0 Å². The average molecular weight is 280 g/mol. The van der Waals surface area contributed by atoms with Gasteiger partial charge in [0.1, 0.15) is 5.58 Å². The second-order valence-electron chi connectivity index (χ2n) is 5.86. The van der Waals surface area contributed by atoms with Crippen LogP contribution in [0.1, 0.15) is 25.8 Å². The molecule has 19 heavy (non-hydrogen) atoms. The summed E-state index contributed by atoms with van der Waals surface area (Å²) in [6.45, 7) is 4.82. The topological polar surface area (TPSA) is 45.4 Å². The summed E-state index contributed by atoms with van der Waals surface area (Å²) in [6, 6.07) is 8.16. The summed E-state index contributed by atoms with van der Waals surface area (Å²) in [6.07, 6.45) is 0.571. The first-order valence-corrected chi connectivity index (χ1v) is 6.95. The molecule has 1 aromatic heterocycles. The molecule has 0 radical (unpaired) electrons. The Balaban J connectivity index is 1.78. The van der Waals surface area contributed by atoms with Crippen molar-refractivity contribution < 1.29 is 9.52 Å². The summed E-state index contributed by atoms with van der Waals surface area (Å²) >= 11 is 6.16. The molecule has 1 saturated carbocycles. The molecule has 1 aliphatic carbocycles. The van der Waals surface area contributed by atoms with Gasteiger partial charge < -0.3 is 14.8 Å². The van der Waals surface area contributed by atoms with Crippen LogP contribution < -0.4 is 5.32 Å². The fourth-order valence-electron chi connectivity index (χ4n) is 2.71. The molecule has 2 unspecified atom stereocenters. The third-order valence-corrected chi connectivity index (χ3v) is 4.70. The lowest BCUT2D eigenvalue weighted by Gasteiger charge is -2.49. The fraction of sp³-hybridized carbons (Fsp3) is 0.467. The summed E-state index contributed by atoms with van der Waals surface area (Å²) < 4.78 is 5.53. The minimum Gasteiger partial charge on any atom is -0.444 e. The highest BCUT2D eigenvalue weighted by atomic mass is 35.5. The van der Waals surface area contributed by atoms with Crippen LogP contribution in [0.4, 0.5) is 0 Å². The molecule has 3 rings (SSSR count). The first kappa shape index (κ1) is 13.0. The molecule has 0 aliphatic heterocycles. The predicted octanol–water partition coefficient (Wildman–Crippen LogP) is 3.34. The van der Waals surface area contributed by atoms with Crippen LogP contribution in [0.3, 0.4) is 0 Å². The smallest absolute Gasteiger partial charge is 0.199 e. The van der Waals surface area contributed by atoms with Gasteiger partial charge in [-0.3, -0.25) is 0 Å². The molecule has 1 aliphatic rings. The molecule has 0 amide bonds. The standard InChI is InChI=1S/C15H18ClNO2/c1-15(2)12(7-13(15)18)17-8-10-9-5-3-4-6-11(9)19-14(10)16/h3-6,12-13,17-18H,7-8H2,1-2H3. The van der Waals surface area contributed by atoms with Gasteiger partial charge in [-0.15, -0.1) is 0 Å². The maximum Gasteiger partial charge on any atom is 0.199 e. The third kappa shape index (κ3) is 2.06. The molecule has 3 nitrogen and oxygen atoms in total. The van der Waals surface area contributed by atoms with E-state index in [1.165, 1.54) is 0 Å². The molecule has 0 bridgehead atoms. The van der Waals surface area contributed by atoms with Crippen molar-refractivity contribution >= 4 is 22.6 Å². The lowest BCUT2D eigenvalue weighted by molar-refractivity contribution is -0.0729. The van der Waals surface area contributed by atoms with Gasteiger partial charge in [-0.2, -0.15) is 0 Å². The number of rotatable bonds is 3. The van der Waals surface area contributed by atoms with Crippen molar-refractivity contribution in [1.82, 2.24) is 5.32 Å². The fourth-order valence-corrected chi connectivity index (χ4v) is 2.96. The SMILES string of the molecule is CC1(C)C(O)CC1NCc1c(Cl)oc2ccccc12. The molecule has 2 atom stereocenters. The van der Waals surface area contributed by atoms with Crippen molar-refractivity contribution in [3.05, 3.63) is 35.0 Å². The second kappa shape index (κ2) is 4.51. The number of fused-ring (bicyclic) bond motifs is 1. The van der Waals surface area contributed by atoms with E-state index in [0.29, 0.717) is 17.8 Å². The Bertz CT molecular complexity index is 605. The van der Waals surface area contributed by atoms with Gasteiger partial charge in [-0.05, 0) is 24.1 Å². The lowest BCUT2D eigenvalue weighted by atomic mass is 9.64. The number of aliphatic hydroxyl groups is 1. The predicted molar refractivity (Wildman–Crippen MR) is 76.3 cm³/mol. The van der Waals surface area contributed by atoms with E-state index in [2.05, 4.69) is 19.2 Å². The summed E-state index contributed by atoms with van der Waals surface area (Å²) in [7, 11) is 0. The zero-order chi connectivity index (χ0) is 13.6. The van der Waals surface area contributed by atoms with Gasteiger partial charge in [0.25, 0.3) is 0 Å². The Morgan fingerprint density at radius 1 is 1.42 bits per heavy atom. The molecule has 0 saturated heterocycles. The zero-order valence-electron chi connectivity index (χ0n) is 11.1. The van der Waals surface area contributed by atoms with Crippen LogP contribution in [0.15, 0.2) is 28.7 Å². The Hall–Kier alpha value is -1.03. The van der Waals surface area contributed by atoms with Crippen molar-refractivity contribution in [3.8, 4) is 0 Å². The van der Waals surface area contributed by atoms with Gasteiger partial charge in [-0.1, -0.05) is 32.0 Å². The number of halogens is 1. The van der Waals surface area contributed by atoms with E-state index in [1.54, 1.807) is 0 Å². The van der Waals surface area contributed by atoms with E-state index in [1.807, 2.05) is 24.3 Å². The van der Waals surface area contributed by atoms with Crippen LogP contribution in [0.25, 0.3) is 11.0 Å². The van der Waals surface area contributed by atoms with Crippen LogP contribution >= 0.6 is 11.6 Å². The van der Waals surface area contributed by atoms with Crippen LogP contribution in [0.5, 0.6) is 0 Å². The largest absolute Gasteiger partial charge is 0.444 e. The maximum absolute atomic E-state index is 9.75. The molecule has 2 aromatic rings. The quantitative estimate of drug-likeness (QED) is 0.906. The number of nitrogens with one attached hydrogen (secondary N) is 1. The highest BCUT2D eigenvalue weighted by Gasteiger charge is 2.46. The normalized spacial score (nSPS) is 25.5. The van der Waals surface area contributed by atoms with Crippen molar-refractivity contribution in [1.29, 1.82) is 0 Å². The highest BCUT2D eigenvalue weighted by molar-refractivity contribution is 6.30. The van der Waals surface area contributed by atoms with Crippen molar-refractivity contribution in [2.75, 3.05) is 0 Å². The van der Waals surface area contributed by atoms with Gasteiger partial charge in [0.15, 0.2) is 5.22 Å². The van der Waals surface area contributed by atoms with E-state index in [-0.39, 0.29) is 11.5 Å². The van der Waals surface area contributed by atoms with Gasteiger partial charge in [0.05, 0.1) is 6.10 Å². The van der Waals surface area contributed by atoms with Gasteiger partial charge in [0.2, 0.25) is 0 Å². The first-order valence-electron chi connectivity index (χ1n) is 6.57. The molecule has 0 spiro atoms. The summed E-state index contributed by atoms with van der Waals surface area (Å²) in [5, 5.41) is 14.7. The van der Waals surface area contributed by atoms with Crippen LogP contribution in [-0.4, -0.2) is 17.3 Å². The molecular weight excluding hydrogens is 262 g/mol. The first-order chi connectivity index (χ1) is 9.00. The van der Waals surface area contributed by atoms with Gasteiger partial charge >= 0.3 is 0 Å². The Kier molecular flexibility index (Phi) is 3.08. The third-order valence-electron chi connectivity index (χ3n) is 4.39. The van der Waals surface area contributed by atoms with Crippen molar-refractivity contribution in [2.24, 2.45) is 5.41 Å². The number of furan rings is 1. The minimum absolute atomic E-state index is 0.0774. The Morgan fingerprint density at radius 2 is 2.16 bits per heavy atom. The van der Waals surface area contributed by atoms with Gasteiger partial charge in [-0.25, -0.2) is 0 Å². The number of hydrogen-bond acceptors (Lipinski definition) is 3. The Labute approximate surface area is 117 Å². The molecule has 1 fully saturated rings. The number of hydrogen-bond donors (Lipinski definition) is 2. The molecular formula is C15H18ClNO2. The molecule has 1 heterocycles. The van der Waals surface area contributed by atoms with E-state index in [4.69, 9.17) is 16.0 Å². The summed E-state index contributed by atoms with van der Waals surface area (Å²) in [5.74, 6) is 0. The molecule has 4 heteroatoms. The van der Waals surface area contributed by atoms with E-state index >= 15 is 0 Å². The van der Waals surface area contributed by atoms with Gasteiger partial charge in [0, 0.05) is 29.0 Å². The summed E-state index contributed by atoms with van der Waals surface area (Å²) in [5.41, 5.74) is 1.73. The van der Waals surface area contributed by atoms with E-state index in [0.717, 1.165) is 23.0 Å². The second-order valence-corrected chi connectivity index (χ2v) is 6.20. The minimum atomic E-state index is -0.221. The van der Waals surface area contributed by atoms with Crippen LogP contribution in [-0.2, 0) is 6.54 Å². The number of para-hydroxylation sites is 1. The maximum atomic E-state index is 9.75. The molecule has 102 valence electrons.